The van der Waals surface area contributed by atoms with Gasteiger partial charge in [0, 0.05) is 18.5 Å². The molecule has 15 heavy (non-hydrogen) atoms. The number of carbonyl (C=O) groups is 1. The van der Waals surface area contributed by atoms with Gasteiger partial charge in [-0.15, -0.1) is 0 Å². The Bertz CT molecular complexity index is 502. The van der Waals surface area contributed by atoms with Crippen molar-refractivity contribution in [1.82, 2.24) is 4.40 Å². The van der Waals surface area contributed by atoms with Crippen molar-refractivity contribution in [3.05, 3.63) is 36.2 Å². The van der Waals surface area contributed by atoms with Crippen molar-refractivity contribution in [1.29, 1.82) is 0 Å². The average Bonchev–Trinajstić information content (AvgIpc) is 2.60. The van der Waals surface area contributed by atoms with Crippen molar-refractivity contribution in [2.24, 2.45) is 0 Å². The minimum atomic E-state index is -0.370. The standard InChI is InChI=1S/C11H11NO3/c1-2-15-11(14)9-4-6-12-5-3-8(13)7-10(9)12/h3-7,13H,2H2,1H3. The van der Waals surface area contributed by atoms with E-state index >= 15 is 0 Å². The number of hydrogen-bond donors (Lipinski definition) is 1. The van der Waals surface area contributed by atoms with Crippen molar-refractivity contribution in [3.63, 3.8) is 0 Å². The summed E-state index contributed by atoms with van der Waals surface area (Å²) in [4.78, 5) is 11.5. The predicted molar refractivity (Wildman–Crippen MR) is 55.0 cm³/mol. The zero-order valence-electron chi connectivity index (χ0n) is 8.30. The zero-order valence-corrected chi connectivity index (χ0v) is 8.30. The number of hydrogen-bond acceptors (Lipinski definition) is 3. The molecular weight excluding hydrogens is 194 g/mol. The van der Waals surface area contributed by atoms with E-state index in [1.165, 1.54) is 6.07 Å². The Morgan fingerprint density at radius 3 is 2.93 bits per heavy atom. The van der Waals surface area contributed by atoms with E-state index in [1.807, 2.05) is 0 Å². The topological polar surface area (TPSA) is 50.9 Å². The molecule has 0 saturated heterocycles. The molecule has 0 bridgehead atoms. The molecule has 0 amide bonds. The highest BCUT2D eigenvalue weighted by Gasteiger charge is 2.12. The number of esters is 1. The van der Waals surface area contributed by atoms with Crippen LogP contribution in [0.3, 0.4) is 0 Å². The summed E-state index contributed by atoms with van der Waals surface area (Å²) in [5.74, 6) is -0.239. The van der Waals surface area contributed by atoms with E-state index in [9.17, 15) is 9.90 Å². The van der Waals surface area contributed by atoms with Gasteiger partial charge in [-0.3, -0.25) is 0 Å². The van der Waals surface area contributed by atoms with Gasteiger partial charge in [-0.2, -0.15) is 0 Å². The third-order valence-electron chi connectivity index (χ3n) is 2.14. The molecule has 2 heterocycles. The number of ether oxygens (including phenoxy) is 1. The summed E-state index contributed by atoms with van der Waals surface area (Å²) in [6.07, 6.45) is 3.44. The Balaban J connectivity index is 2.52. The van der Waals surface area contributed by atoms with Crippen molar-refractivity contribution in [2.75, 3.05) is 6.61 Å². The molecule has 0 unspecified atom stereocenters. The summed E-state index contributed by atoms with van der Waals surface area (Å²) in [6.45, 7) is 2.10. The summed E-state index contributed by atoms with van der Waals surface area (Å²) in [6, 6.07) is 4.76. The van der Waals surface area contributed by atoms with E-state index in [0.29, 0.717) is 17.7 Å². The lowest BCUT2D eigenvalue weighted by molar-refractivity contribution is 0.0529. The molecule has 0 aliphatic heterocycles. The van der Waals surface area contributed by atoms with Crippen molar-refractivity contribution >= 4 is 11.5 Å². The van der Waals surface area contributed by atoms with Crippen LogP contribution >= 0.6 is 0 Å². The number of nitrogens with zero attached hydrogens (tertiary/aromatic N) is 1. The minimum Gasteiger partial charge on any atom is -0.508 e. The van der Waals surface area contributed by atoms with E-state index in [1.54, 1.807) is 35.9 Å². The Kier molecular flexibility index (Phi) is 2.33. The van der Waals surface area contributed by atoms with Gasteiger partial charge < -0.3 is 14.2 Å². The Hall–Kier alpha value is -1.97. The van der Waals surface area contributed by atoms with Gasteiger partial charge in [-0.05, 0) is 19.1 Å². The van der Waals surface area contributed by atoms with E-state index in [0.717, 1.165) is 0 Å². The fourth-order valence-corrected chi connectivity index (χ4v) is 1.47. The molecule has 0 atom stereocenters. The van der Waals surface area contributed by atoms with Crippen LogP contribution in [-0.2, 0) is 4.74 Å². The maximum atomic E-state index is 11.5. The second kappa shape index (κ2) is 3.65. The van der Waals surface area contributed by atoms with Crippen molar-refractivity contribution in [2.45, 2.75) is 6.92 Å². The zero-order chi connectivity index (χ0) is 10.8. The Morgan fingerprint density at radius 1 is 1.47 bits per heavy atom. The molecule has 2 rings (SSSR count). The molecule has 0 radical (unpaired) electrons. The lowest BCUT2D eigenvalue weighted by Gasteiger charge is -2.01. The molecule has 2 aromatic heterocycles. The maximum Gasteiger partial charge on any atom is 0.340 e. The van der Waals surface area contributed by atoms with Crippen molar-refractivity contribution in [3.8, 4) is 5.75 Å². The molecule has 0 fully saturated rings. The van der Waals surface area contributed by atoms with Gasteiger partial charge in [0.1, 0.15) is 5.75 Å². The number of carbonyl (C=O) groups excluding carboxylic acids is 1. The van der Waals surface area contributed by atoms with Crippen LogP contribution in [-0.4, -0.2) is 22.1 Å². The molecule has 1 N–H and O–H groups in total. The van der Waals surface area contributed by atoms with Gasteiger partial charge >= 0.3 is 5.97 Å². The SMILES string of the molecule is CCOC(=O)c1ccn2ccc(O)cc12. The number of aromatic hydroxyl groups is 1. The van der Waals surface area contributed by atoms with Crippen LogP contribution in [0.1, 0.15) is 17.3 Å². The van der Waals surface area contributed by atoms with E-state index in [-0.39, 0.29) is 11.7 Å². The molecule has 0 aliphatic carbocycles. The summed E-state index contributed by atoms with van der Waals surface area (Å²) in [7, 11) is 0. The molecule has 0 aromatic carbocycles. The lowest BCUT2D eigenvalue weighted by atomic mass is 10.2. The first-order valence-corrected chi connectivity index (χ1v) is 4.69. The van der Waals surface area contributed by atoms with E-state index in [2.05, 4.69) is 0 Å². The minimum absolute atomic E-state index is 0.131. The molecule has 4 nitrogen and oxygen atoms in total. The highest BCUT2D eigenvalue weighted by molar-refractivity contribution is 5.97. The first-order chi connectivity index (χ1) is 7.22. The number of aromatic nitrogens is 1. The molecule has 2 aromatic rings. The van der Waals surface area contributed by atoms with Gasteiger partial charge in [0.15, 0.2) is 0 Å². The number of rotatable bonds is 2. The molecule has 0 spiro atoms. The second-order valence-corrected chi connectivity index (χ2v) is 3.13. The largest absolute Gasteiger partial charge is 0.508 e. The van der Waals surface area contributed by atoms with Gasteiger partial charge in [0.05, 0.1) is 17.7 Å². The molecule has 0 saturated carbocycles. The predicted octanol–water partition coefficient (Wildman–Crippen LogP) is 1.82. The van der Waals surface area contributed by atoms with Crippen LogP contribution in [0, 0.1) is 0 Å². The second-order valence-electron chi connectivity index (χ2n) is 3.13. The number of fused-ring (bicyclic) bond motifs is 1. The first-order valence-electron chi connectivity index (χ1n) is 4.69. The summed E-state index contributed by atoms with van der Waals surface area (Å²) in [5, 5.41) is 9.32. The van der Waals surface area contributed by atoms with Gasteiger partial charge in [-0.25, -0.2) is 4.79 Å². The molecule has 0 aliphatic rings. The highest BCUT2D eigenvalue weighted by Crippen LogP contribution is 2.18. The molecule has 4 heteroatoms. The molecular formula is C11H11NO3. The average molecular weight is 205 g/mol. The summed E-state index contributed by atoms with van der Waals surface area (Å²) >= 11 is 0. The quantitative estimate of drug-likeness (QED) is 0.761. The number of pyridine rings is 1. The van der Waals surface area contributed by atoms with Gasteiger partial charge in [-0.1, -0.05) is 0 Å². The van der Waals surface area contributed by atoms with Crippen LogP contribution < -0.4 is 0 Å². The smallest absolute Gasteiger partial charge is 0.340 e. The van der Waals surface area contributed by atoms with Crippen LogP contribution in [0.2, 0.25) is 0 Å². The van der Waals surface area contributed by atoms with E-state index in [4.69, 9.17) is 4.74 Å². The normalized spacial score (nSPS) is 10.5. The highest BCUT2D eigenvalue weighted by atomic mass is 16.5. The van der Waals surface area contributed by atoms with Crippen molar-refractivity contribution < 1.29 is 14.6 Å². The van der Waals surface area contributed by atoms with E-state index < -0.39 is 0 Å². The summed E-state index contributed by atoms with van der Waals surface area (Å²) < 4.78 is 6.66. The maximum absolute atomic E-state index is 11.5. The lowest BCUT2D eigenvalue weighted by Crippen LogP contribution is -2.03. The van der Waals surface area contributed by atoms with Crippen LogP contribution in [0.5, 0.6) is 5.75 Å². The van der Waals surface area contributed by atoms with Crippen LogP contribution in [0.4, 0.5) is 0 Å². The molecule has 78 valence electrons. The van der Waals surface area contributed by atoms with Gasteiger partial charge in [0.2, 0.25) is 0 Å². The monoisotopic (exact) mass is 205 g/mol. The third-order valence-corrected chi connectivity index (χ3v) is 2.14. The van der Waals surface area contributed by atoms with Crippen LogP contribution in [0.25, 0.3) is 5.52 Å². The summed E-state index contributed by atoms with van der Waals surface area (Å²) in [5.41, 5.74) is 1.11. The Labute approximate surface area is 86.7 Å². The third kappa shape index (κ3) is 1.66. The fourth-order valence-electron chi connectivity index (χ4n) is 1.47. The fraction of sp³-hybridized carbons (Fsp3) is 0.182. The Morgan fingerprint density at radius 2 is 2.20 bits per heavy atom. The van der Waals surface area contributed by atoms with Crippen LogP contribution in [0.15, 0.2) is 30.6 Å². The van der Waals surface area contributed by atoms with Gasteiger partial charge in [0.25, 0.3) is 0 Å². The first kappa shape index (κ1) is 9.58.